The van der Waals surface area contributed by atoms with Crippen LogP contribution in [0.1, 0.15) is 10.4 Å². The Bertz CT molecular complexity index is 848. The molecule has 0 spiro atoms. The summed E-state index contributed by atoms with van der Waals surface area (Å²) in [7, 11) is -4.29. The smallest absolute Gasteiger partial charge is 0.335 e. The Morgan fingerprint density at radius 1 is 1.00 bits per heavy atom. The van der Waals surface area contributed by atoms with Gasteiger partial charge in [0, 0.05) is 5.02 Å². The summed E-state index contributed by atoms with van der Waals surface area (Å²) in [5.74, 6) is -1.20. The molecule has 0 fully saturated rings. The normalized spacial score (nSPS) is 11.0. The van der Waals surface area contributed by atoms with Gasteiger partial charge in [-0.1, -0.05) is 11.6 Å². The molecule has 2 rings (SSSR count). The second kappa shape index (κ2) is 6.27. The van der Waals surface area contributed by atoms with Gasteiger partial charge in [-0.25, -0.2) is 18.0 Å². The zero-order valence-corrected chi connectivity index (χ0v) is 13.1. The number of nitrogens with two attached hydrogens (primary N) is 1. The highest BCUT2D eigenvalue weighted by atomic mass is 35.5. The van der Waals surface area contributed by atoms with E-state index in [4.69, 9.17) is 22.4 Å². The number of carboxylic acids is 1. The number of aromatic carboxylic acids is 1. The minimum absolute atomic E-state index is 0.0178. The van der Waals surface area contributed by atoms with E-state index in [0.29, 0.717) is 9.33 Å². The van der Waals surface area contributed by atoms with Crippen molar-refractivity contribution < 1.29 is 23.1 Å². The molecule has 0 bridgehead atoms. The number of hydrogen-bond acceptors (Lipinski definition) is 4. The van der Waals surface area contributed by atoms with E-state index in [9.17, 15) is 18.0 Å². The van der Waals surface area contributed by atoms with E-state index >= 15 is 0 Å². The molecule has 0 aliphatic heterocycles. The van der Waals surface area contributed by atoms with E-state index in [2.05, 4.69) is 0 Å². The van der Waals surface area contributed by atoms with Gasteiger partial charge in [0.2, 0.25) is 0 Å². The number of carboxylic acid groups (broad SMARTS) is 1. The summed E-state index contributed by atoms with van der Waals surface area (Å²) in [6.07, 6.45) is 0. The molecule has 0 unspecified atom stereocenters. The summed E-state index contributed by atoms with van der Waals surface area (Å²) in [4.78, 5) is 22.2. The minimum Gasteiger partial charge on any atom is -0.478 e. The van der Waals surface area contributed by atoms with Gasteiger partial charge in [0.15, 0.2) is 0 Å². The molecule has 0 saturated carbocycles. The Balaban J connectivity index is 2.51. The predicted octanol–water partition coefficient (Wildman–Crippen LogP) is 2.31. The van der Waals surface area contributed by atoms with Crippen molar-refractivity contribution >= 4 is 39.3 Å². The number of carbonyl (C=O) groups is 2. The Morgan fingerprint density at radius 2 is 1.52 bits per heavy atom. The van der Waals surface area contributed by atoms with E-state index < -0.39 is 22.0 Å². The number of nitrogens with zero attached hydrogens (tertiary/aromatic N) is 1. The summed E-state index contributed by atoms with van der Waals surface area (Å²) in [5, 5.41) is 9.20. The van der Waals surface area contributed by atoms with E-state index in [1.165, 1.54) is 24.3 Å². The lowest BCUT2D eigenvalue weighted by Gasteiger charge is -2.20. The van der Waals surface area contributed by atoms with Crippen LogP contribution in [0.4, 0.5) is 10.5 Å². The van der Waals surface area contributed by atoms with Gasteiger partial charge in [-0.15, -0.1) is 0 Å². The van der Waals surface area contributed by atoms with E-state index in [-0.39, 0.29) is 16.1 Å². The zero-order valence-electron chi connectivity index (χ0n) is 11.5. The van der Waals surface area contributed by atoms with Crippen LogP contribution in [-0.2, 0) is 10.0 Å². The van der Waals surface area contributed by atoms with Crippen molar-refractivity contribution in [3.8, 4) is 0 Å². The predicted molar refractivity (Wildman–Crippen MR) is 84.1 cm³/mol. The average molecular weight is 355 g/mol. The van der Waals surface area contributed by atoms with Crippen LogP contribution in [0.15, 0.2) is 53.4 Å². The molecule has 0 radical (unpaired) electrons. The van der Waals surface area contributed by atoms with Gasteiger partial charge < -0.3 is 10.8 Å². The third kappa shape index (κ3) is 3.43. The lowest BCUT2D eigenvalue weighted by atomic mass is 10.2. The van der Waals surface area contributed by atoms with Gasteiger partial charge >= 0.3 is 12.0 Å². The molecule has 120 valence electrons. The second-order valence-electron chi connectivity index (χ2n) is 4.41. The fourth-order valence-corrected chi connectivity index (χ4v) is 3.29. The first kappa shape index (κ1) is 16.8. The highest BCUT2D eigenvalue weighted by Crippen LogP contribution is 2.25. The minimum atomic E-state index is -4.29. The summed E-state index contributed by atoms with van der Waals surface area (Å²) in [6, 6.07) is 8.70. The largest absolute Gasteiger partial charge is 0.478 e. The molecule has 2 aromatic rings. The first-order valence-corrected chi connectivity index (χ1v) is 7.99. The Kier molecular flexibility index (Phi) is 4.57. The highest BCUT2D eigenvalue weighted by Gasteiger charge is 2.29. The molecule has 0 saturated heterocycles. The third-order valence-electron chi connectivity index (χ3n) is 2.90. The van der Waals surface area contributed by atoms with Gasteiger partial charge in [-0.2, -0.15) is 4.31 Å². The van der Waals surface area contributed by atoms with Crippen LogP contribution < -0.4 is 10.0 Å². The molecule has 23 heavy (non-hydrogen) atoms. The summed E-state index contributed by atoms with van der Waals surface area (Å²) in [6.45, 7) is 0. The lowest BCUT2D eigenvalue weighted by Crippen LogP contribution is -2.40. The zero-order chi connectivity index (χ0) is 17.2. The number of carbonyl (C=O) groups excluding carboxylic acids is 1. The number of halogens is 1. The molecule has 7 nitrogen and oxygen atoms in total. The van der Waals surface area contributed by atoms with Crippen molar-refractivity contribution in [3.05, 3.63) is 59.1 Å². The number of urea groups is 1. The van der Waals surface area contributed by atoms with Crippen LogP contribution in [0.5, 0.6) is 0 Å². The van der Waals surface area contributed by atoms with Crippen LogP contribution >= 0.6 is 11.6 Å². The second-order valence-corrected chi connectivity index (χ2v) is 6.64. The topological polar surface area (TPSA) is 118 Å². The first-order chi connectivity index (χ1) is 10.7. The Labute approximate surface area is 136 Å². The summed E-state index contributed by atoms with van der Waals surface area (Å²) >= 11 is 5.73. The number of anilines is 1. The number of benzene rings is 2. The maximum atomic E-state index is 12.6. The van der Waals surface area contributed by atoms with Crippen molar-refractivity contribution in [2.75, 3.05) is 4.31 Å². The molecule has 2 aromatic carbocycles. The molecule has 3 N–H and O–H groups in total. The monoisotopic (exact) mass is 354 g/mol. The van der Waals surface area contributed by atoms with Crippen LogP contribution in [0.2, 0.25) is 5.02 Å². The van der Waals surface area contributed by atoms with Crippen LogP contribution in [-0.4, -0.2) is 25.5 Å². The molecule has 9 heteroatoms. The molecule has 2 amide bonds. The third-order valence-corrected chi connectivity index (χ3v) is 4.89. The first-order valence-electron chi connectivity index (χ1n) is 6.17. The Morgan fingerprint density at radius 3 is 1.96 bits per heavy atom. The van der Waals surface area contributed by atoms with Crippen molar-refractivity contribution in [2.45, 2.75) is 4.90 Å². The highest BCUT2D eigenvalue weighted by molar-refractivity contribution is 7.93. The van der Waals surface area contributed by atoms with Crippen molar-refractivity contribution in [3.63, 3.8) is 0 Å². The van der Waals surface area contributed by atoms with Gasteiger partial charge in [0.05, 0.1) is 16.1 Å². The van der Waals surface area contributed by atoms with E-state index in [1.807, 2.05) is 0 Å². The quantitative estimate of drug-likeness (QED) is 0.873. The number of amides is 2. The number of hydrogen-bond donors (Lipinski definition) is 2. The molecular formula is C14H11ClN2O5S. The van der Waals surface area contributed by atoms with Crippen molar-refractivity contribution in [1.82, 2.24) is 0 Å². The molecule has 0 aliphatic rings. The molecular weight excluding hydrogens is 344 g/mol. The maximum Gasteiger partial charge on any atom is 0.335 e. The average Bonchev–Trinajstić information content (AvgIpc) is 2.49. The SMILES string of the molecule is NC(=O)N(c1ccc(Cl)cc1)S(=O)(=O)c1ccc(C(=O)O)cc1. The number of primary amides is 1. The number of sulfonamides is 1. The van der Waals surface area contributed by atoms with Crippen LogP contribution in [0.3, 0.4) is 0 Å². The molecule has 0 atom stereocenters. The standard InChI is InChI=1S/C14H11ClN2O5S/c15-10-3-5-11(6-4-10)17(14(16)20)23(21,22)12-7-1-9(2-8-12)13(18)19/h1-8H,(H2,16,20)(H,18,19). The number of rotatable bonds is 4. The van der Waals surface area contributed by atoms with Crippen LogP contribution in [0.25, 0.3) is 0 Å². The fraction of sp³-hybridized carbons (Fsp3) is 0. The summed E-state index contributed by atoms with van der Waals surface area (Å²) in [5.41, 5.74) is 5.12. The van der Waals surface area contributed by atoms with Gasteiger partial charge in [-0.05, 0) is 48.5 Å². The molecule has 0 heterocycles. The fourth-order valence-electron chi connectivity index (χ4n) is 1.84. The Hall–Kier alpha value is -2.58. The molecule has 0 aliphatic carbocycles. The van der Waals surface area contributed by atoms with Crippen molar-refractivity contribution in [2.24, 2.45) is 5.73 Å². The van der Waals surface area contributed by atoms with Gasteiger partial charge in [0.25, 0.3) is 10.0 Å². The lowest BCUT2D eigenvalue weighted by molar-refractivity contribution is 0.0696. The van der Waals surface area contributed by atoms with Gasteiger partial charge in [0.1, 0.15) is 0 Å². The molecule has 0 aromatic heterocycles. The van der Waals surface area contributed by atoms with Crippen molar-refractivity contribution in [1.29, 1.82) is 0 Å². The van der Waals surface area contributed by atoms with E-state index in [1.54, 1.807) is 0 Å². The van der Waals surface area contributed by atoms with E-state index in [0.717, 1.165) is 24.3 Å². The van der Waals surface area contributed by atoms with Crippen LogP contribution in [0, 0.1) is 0 Å². The maximum absolute atomic E-state index is 12.6. The summed E-state index contributed by atoms with van der Waals surface area (Å²) < 4.78 is 25.6. The van der Waals surface area contributed by atoms with Gasteiger partial charge in [-0.3, -0.25) is 0 Å².